The highest BCUT2D eigenvalue weighted by Crippen LogP contribution is 2.26. The summed E-state index contributed by atoms with van der Waals surface area (Å²) in [7, 11) is 0. The Balaban J connectivity index is 1.90. The quantitative estimate of drug-likeness (QED) is 0.510. The van der Waals surface area contributed by atoms with Crippen LogP contribution < -0.4 is 10.6 Å². The second-order valence-electron chi connectivity index (χ2n) is 3.70. The predicted molar refractivity (Wildman–Crippen MR) is 68.1 cm³/mol. The van der Waals surface area contributed by atoms with Gasteiger partial charge in [0.25, 0.3) is 0 Å². The van der Waals surface area contributed by atoms with Crippen molar-refractivity contribution in [1.82, 2.24) is 15.5 Å². The molecule has 0 spiro atoms. The van der Waals surface area contributed by atoms with E-state index in [1.54, 1.807) is 0 Å². The minimum atomic E-state index is -0.931. The van der Waals surface area contributed by atoms with Crippen LogP contribution in [0.15, 0.2) is 4.34 Å². The molecule has 0 aromatic carbocycles. The number of nitrogens with one attached hydrogen (secondary N) is 2. The largest absolute Gasteiger partial charge is 0.481 e. The fourth-order valence-electron chi connectivity index (χ4n) is 1.43. The molecular formula is C9H10N4O4S2. The first-order valence-electron chi connectivity index (χ1n) is 5.33. The summed E-state index contributed by atoms with van der Waals surface area (Å²) in [5, 5.41) is 21.7. The normalized spacial score (nSPS) is 19.1. The second kappa shape index (κ2) is 5.97. The number of hydrogen-bond acceptors (Lipinski definition) is 8. The van der Waals surface area contributed by atoms with Crippen molar-refractivity contribution in [3.05, 3.63) is 0 Å². The van der Waals surface area contributed by atoms with Gasteiger partial charge in [-0.15, -0.1) is 10.2 Å². The van der Waals surface area contributed by atoms with Crippen molar-refractivity contribution in [2.75, 3.05) is 11.1 Å². The van der Waals surface area contributed by atoms with Crippen LogP contribution >= 0.6 is 23.1 Å². The van der Waals surface area contributed by atoms with Gasteiger partial charge in [-0.3, -0.25) is 19.7 Å². The van der Waals surface area contributed by atoms with Crippen LogP contribution in [-0.4, -0.2) is 44.9 Å². The lowest BCUT2D eigenvalue weighted by Crippen LogP contribution is -2.47. The molecule has 1 aromatic rings. The Bertz CT molecular complexity index is 518. The zero-order valence-electron chi connectivity index (χ0n) is 9.58. The van der Waals surface area contributed by atoms with Crippen LogP contribution in [0.3, 0.4) is 0 Å². The van der Waals surface area contributed by atoms with Gasteiger partial charge in [-0.1, -0.05) is 23.1 Å². The summed E-state index contributed by atoms with van der Waals surface area (Å²) >= 11 is 2.24. The highest BCUT2D eigenvalue weighted by atomic mass is 32.2. The molecule has 0 bridgehead atoms. The van der Waals surface area contributed by atoms with Gasteiger partial charge < -0.3 is 10.4 Å². The zero-order chi connectivity index (χ0) is 13.8. The number of thioether (sulfide) groups is 1. The molecule has 0 radical (unpaired) electrons. The van der Waals surface area contributed by atoms with Crippen LogP contribution in [0.1, 0.15) is 12.8 Å². The summed E-state index contributed by atoms with van der Waals surface area (Å²) < 4.78 is 0.511. The second-order valence-corrected chi connectivity index (χ2v) is 5.90. The van der Waals surface area contributed by atoms with Gasteiger partial charge in [0.1, 0.15) is 6.04 Å². The fourth-order valence-corrected chi connectivity index (χ4v) is 2.95. The van der Waals surface area contributed by atoms with Gasteiger partial charge in [-0.2, -0.15) is 0 Å². The van der Waals surface area contributed by atoms with Gasteiger partial charge in [0, 0.05) is 6.42 Å². The van der Waals surface area contributed by atoms with Crippen molar-refractivity contribution < 1.29 is 19.5 Å². The summed E-state index contributed by atoms with van der Waals surface area (Å²) in [5.74, 6) is -1.68. The van der Waals surface area contributed by atoms with E-state index in [2.05, 4.69) is 20.8 Å². The van der Waals surface area contributed by atoms with E-state index in [1.807, 2.05) is 0 Å². The van der Waals surface area contributed by atoms with E-state index in [0.717, 1.165) is 11.8 Å². The highest BCUT2D eigenvalue weighted by molar-refractivity contribution is 8.01. The molecular weight excluding hydrogens is 292 g/mol. The van der Waals surface area contributed by atoms with Crippen molar-refractivity contribution in [3.63, 3.8) is 0 Å². The SMILES string of the molecule is O=C(O)CSc1nnc(NC2CCC(=O)NC2=O)s1. The van der Waals surface area contributed by atoms with Crippen molar-refractivity contribution >= 4 is 46.0 Å². The van der Waals surface area contributed by atoms with E-state index >= 15 is 0 Å². The maximum Gasteiger partial charge on any atom is 0.313 e. The van der Waals surface area contributed by atoms with E-state index in [1.165, 1.54) is 11.3 Å². The van der Waals surface area contributed by atoms with Gasteiger partial charge in [0.2, 0.25) is 16.9 Å². The number of anilines is 1. The van der Waals surface area contributed by atoms with Gasteiger partial charge >= 0.3 is 5.97 Å². The number of nitrogens with zero attached hydrogens (tertiary/aromatic N) is 2. The number of aliphatic carboxylic acids is 1. The summed E-state index contributed by atoms with van der Waals surface area (Å²) in [5.41, 5.74) is 0. The van der Waals surface area contributed by atoms with Crippen molar-refractivity contribution in [2.45, 2.75) is 23.2 Å². The maximum atomic E-state index is 11.5. The summed E-state index contributed by atoms with van der Waals surface area (Å²) in [6.45, 7) is 0. The molecule has 2 amide bonds. The Morgan fingerprint density at radius 2 is 2.32 bits per heavy atom. The standard InChI is InChI=1S/C9H10N4O4S2/c14-5-2-1-4(7(17)11-5)10-8-12-13-9(19-8)18-3-6(15)16/h4H,1-3H2,(H,10,12)(H,15,16)(H,11,14,17). The lowest BCUT2D eigenvalue weighted by molar-refractivity contribution is -0.135. The lowest BCUT2D eigenvalue weighted by atomic mass is 10.1. The van der Waals surface area contributed by atoms with Crippen LogP contribution in [0.25, 0.3) is 0 Å². The first kappa shape index (κ1) is 13.7. The predicted octanol–water partition coefficient (Wildman–Crippen LogP) is -0.0681. The number of carboxylic acid groups (broad SMARTS) is 1. The number of carbonyl (C=O) groups excluding carboxylic acids is 2. The minimum absolute atomic E-state index is 0.0902. The molecule has 3 N–H and O–H groups in total. The smallest absolute Gasteiger partial charge is 0.313 e. The van der Waals surface area contributed by atoms with Crippen molar-refractivity contribution in [1.29, 1.82) is 0 Å². The maximum absolute atomic E-state index is 11.5. The molecule has 1 unspecified atom stereocenters. The summed E-state index contributed by atoms with van der Waals surface area (Å²) in [6, 6.07) is -0.511. The number of aromatic nitrogens is 2. The van der Waals surface area contributed by atoms with E-state index in [-0.39, 0.29) is 24.0 Å². The highest BCUT2D eigenvalue weighted by Gasteiger charge is 2.27. The summed E-state index contributed by atoms with van der Waals surface area (Å²) in [6.07, 6.45) is 0.685. The first-order valence-corrected chi connectivity index (χ1v) is 7.13. The van der Waals surface area contributed by atoms with Gasteiger partial charge in [-0.05, 0) is 6.42 Å². The third kappa shape index (κ3) is 3.89. The molecule has 8 nitrogen and oxygen atoms in total. The number of rotatable bonds is 5. The molecule has 0 saturated carbocycles. The van der Waals surface area contributed by atoms with Crippen molar-refractivity contribution in [3.8, 4) is 0 Å². The third-order valence-electron chi connectivity index (χ3n) is 2.26. The number of carbonyl (C=O) groups is 3. The average Bonchev–Trinajstić information content (AvgIpc) is 2.78. The van der Waals surface area contributed by atoms with Gasteiger partial charge in [0.15, 0.2) is 4.34 Å². The third-order valence-corrected chi connectivity index (χ3v) is 4.24. The molecule has 1 saturated heterocycles. The number of carboxylic acids is 1. The summed E-state index contributed by atoms with van der Waals surface area (Å²) in [4.78, 5) is 32.9. The molecule has 0 aliphatic carbocycles. The zero-order valence-corrected chi connectivity index (χ0v) is 11.2. The molecule has 1 atom stereocenters. The fraction of sp³-hybridized carbons (Fsp3) is 0.444. The molecule has 1 aromatic heterocycles. The Morgan fingerprint density at radius 3 is 3.00 bits per heavy atom. The average molecular weight is 302 g/mol. The number of amides is 2. The Hall–Kier alpha value is -1.68. The van der Waals surface area contributed by atoms with Crippen molar-refractivity contribution in [2.24, 2.45) is 0 Å². The van der Waals surface area contributed by atoms with Gasteiger partial charge in [0.05, 0.1) is 5.75 Å². The number of hydrogen-bond donors (Lipinski definition) is 3. The van der Waals surface area contributed by atoms with E-state index < -0.39 is 12.0 Å². The number of imide groups is 1. The van der Waals surface area contributed by atoms with Crippen LogP contribution in [0, 0.1) is 0 Å². The molecule has 2 rings (SSSR count). The monoisotopic (exact) mass is 302 g/mol. The first-order chi connectivity index (χ1) is 9.04. The Morgan fingerprint density at radius 1 is 1.53 bits per heavy atom. The molecule has 10 heteroatoms. The van der Waals surface area contributed by atoms with E-state index in [0.29, 0.717) is 15.9 Å². The molecule has 1 aliphatic heterocycles. The van der Waals surface area contributed by atoms with Crippen LogP contribution in [-0.2, 0) is 14.4 Å². The molecule has 2 heterocycles. The Labute approximate surface area is 116 Å². The van der Waals surface area contributed by atoms with Gasteiger partial charge in [-0.25, -0.2) is 0 Å². The molecule has 19 heavy (non-hydrogen) atoms. The van der Waals surface area contributed by atoms with E-state index in [9.17, 15) is 14.4 Å². The topological polar surface area (TPSA) is 121 Å². The minimum Gasteiger partial charge on any atom is -0.481 e. The number of piperidine rings is 1. The van der Waals surface area contributed by atoms with Crippen LogP contribution in [0.2, 0.25) is 0 Å². The molecule has 1 fully saturated rings. The lowest BCUT2D eigenvalue weighted by Gasteiger charge is -2.20. The molecule has 1 aliphatic rings. The van der Waals surface area contributed by atoms with Crippen LogP contribution in [0.4, 0.5) is 5.13 Å². The van der Waals surface area contributed by atoms with E-state index in [4.69, 9.17) is 5.11 Å². The molecule has 102 valence electrons. The Kier molecular flexibility index (Phi) is 4.32. The van der Waals surface area contributed by atoms with Crippen LogP contribution in [0.5, 0.6) is 0 Å².